The number of nitrogens with two attached hydrogens (primary N) is 1. The van der Waals surface area contributed by atoms with Crippen molar-refractivity contribution in [2.24, 2.45) is 5.73 Å². The van der Waals surface area contributed by atoms with Crippen LogP contribution in [0, 0.1) is 5.41 Å². The zero-order valence-corrected chi connectivity index (χ0v) is 12.5. The van der Waals surface area contributed by atoms with E-state index in [-0.39, 0.29) is 5.84 Å². The van der Waals surface area contributed by atoms with Crippen molar-refractivity contribution < 1.29 is 0 Å². The number of amidine groups is 1. The molecule has 2 rings (SSSR count). The Morgan fingerprint density at radius 1 is 1.24 bits per heavy atom. The Labute approximate surface area is 124 Å². The van der Waals surface area contributed by atoms with Crippen molar-refractivity contribution in [1.29, 1.82) is 5.41 Å². The number of nitrogens with zero attached hydrogens (tertiary/aromatic N) is 4. The molecule has 6 heteroatoms. The topological polar surface area (TPSA) is 82.1 Å². The summed E-state index contributed by atoms with van der Waals surface area (Å²) in [5.74, 6) is 1.61. The fourth-order valence-electron chi connectivity index (χ4n) is 1.96. The molecule has 21 heavy (non-hydrogen) atoms. The number of nitrogen functional groups attached to an aromatic ring is 1. The van der Waals surface area contributed by atoms with Crippen LogP contribution < -0.4 is 15.5 Å². The van der Waals surface area contributed by atoms with E-state index in [4.69, 9.17) is 11.1 Å². The highest BCUT2D eigenvalue weighted by Crippen LogP contribution is 2.15. The van der Waals surface area contributed by atoms with Gasteiger partial charge in [0, 0.05) is 39.4 Å². The molecule has 2 aromatic rings. The van der Waals surface area contributed by atoms with Crippen molar-refractivity contribution in [2.75, 3.05) is 30.9 Å². The molecular weight excluding hydrogens is 264 g/mol. The van der Waals surface area contributed by atoms with Crippen molar-refractivity contribution >= 4 is 17.6 Å². The number of rotatable bonds is 5. The summed E-state index contributed by atoms with van der Waals surface area (Å²) in [6.07, 6.45) is 1.75. The molecule has 0 spiro atoms. The molecule has 1 aromatic heterocycles. The lowest BCUT2D eigenvalue weighted by molar-refractivity contribution is 0.880. The zero-order valence-electron chi connectivity index (χ0n) is 12.5. The van der Waals surface area contributed by atoms with Crippen LogP contribution in [0.25, 0.3) is 0 Å². The SMILES string of the molecule is CN(C)c1nccc(N(C)Cc2cccc(C(=N)N)c2)n1. The van der Waals surface area contributed by atoms with E-state index in [1.807, 2.05) is 61.3 Å². The number of aromatic nitrogens is 2. The Morgan fingerprint density at radius 3 is 2.67 bits per heavy atom. The molecule has 3 N–H and O–H groups in total. The van der Waals surface area contributed by atoms with E-state index in [9.17, 15) is 0 Å². The standard InChI is InChI=1S/C15H20N6/c1-20(2)15-18-8-7-13(19-15)21(3)10-11-5-4-6-12(9-11)14(16)17/h4-9H,10H2,1-3H3,(H3,16,17). The van der Waals surface area contributed by atoms with Gasteiger partial charge in [-0.1, -0.05) is 18.2 Å². The number of benzene rings is 1. The summed E-state index contributed by atoms with van der Waals surface area (Å²) >= 11 is 0. The Balaban J connectivity index is 2.17. The molecule has 0 unspecified atom stereocenters. The molecule has 1 aromatic carbocycles. The lowest BCUT2D eigenvalue weighted by Crippen LogP contribution is -2.20. The largest absolute Gasteiger partial charge is 0.384 e. The summed E-state index contributed by atoms with van der Waals surface area (Å²) in [7, 11) is 5.80. The van der Waals surface area contributed by atoms with Gasteiger partial charge in [-0.2, -0.15) is 4.98 Å². The van der Waals surface area contributed by atoms with Crippen LogP contribution >= 0.6 is 0 Å². The van der Waals surface area contributed by atoms with E-state index in [2.05, 4.69) is 9.97 Å². The van der Waals surface area contributed by atoms with Gasteiger partial charge in [-0.15, -0.1) is 0 Å². The monoisotopic (exact) mass is 284 g/mol. The first-order chi connectivity index (χ1) is 9.97. The van der Waals surface area contributed by atoms with E-state index in [0.717, 1.165) is 16.9 Å². The lowest BCUT2D eigenvalue weighted by atomic mass is 10.1. The summed E-state index contributed by atoms with van der Waals surface area (Å²) in [6.45, 7) is 0.686. The van der Waals surface area contributed by atoms with E-state index >= 15 is 0 Å². The van der Waals surface area contributed by atoms with Crippen LogP contribution in [-0.2, 0) is 6.54 Å². The van der Waals surface area contributed by atoms with Crippen molar-refractivity contribution in [3.63, 3.8) is 0 Å². The van der Waals surface area contributed by atoms with Gasteiger partial charge >= 0.3 is 0 Å². The summed E-state index contributed by atoms with van der Waals surface area (Å²) in [5.41, 5.74) is 7.33. The summed E-state index contributed by atoms with van der Waals surface area (Å²) in [6, 6.07) is 9.55. The van der Waals surface area contributed by atoms with Crippen molar-refractivity contribution in [1.82, 2.24) is 9.97 Å². The van der Waals surface area contributed by atoms with Crippen LogP contribution in [0.5, 0.6) is 0 Å². The van der Waals surface area contributed by atoms with Gasteiger partial charge < -0.3 is 15.5 Å². The number of hydrogen-bond acceptors (Lipinski definition) is 5. The second-order valence-electron chi connectivity index (χ2n) is 5.08. The van der Waals surface area contributed by atoms with Gasteiger partial charge in [-0.3, -0.25) is 5.41 Å². The minimum Gasteiger partial charge on any atom is -0.384 e. The molecule has 0 aliphatic carbocycles. The van der Waals surface area contributed by atoms with E-state index in [0.29, 0.717) is 12.5 Å². The summed E-state index contributed by atoms with van der Waals surface area (Å²) < 4.78 is 0. The first-order valence-electron chi connectivity index (χ1n) is 6.62. The molecule has 0 aliphatic heterocycles. The zero-order chi connectivity index (χ0) is 15.4. The van der Waals surface area contributed by atoms with Gasteiger partial charge in [0.1, 0.15) is 11.7 Å². The maximum Gasteiger partial charge on any atom is 0.226 e. The maximum atomic E-state index is 7.49. The van der Waals surface area contributed by atoms with Crippen molar-refractivity contribution in [2.45, 2.75) is 6.54 Å². The number of anilines is 2. The van der Waals surface area contributed by atoms with Crippen molar-refractivity contribution in [3.8, 4) is 0 Å². The molecule has 0 fully saturated rings. The van der Waals surface area contributed by atoms with Crippen molar-refractivity contribution in [3.05, 3.63) is 47.7 Å². The third-order valence-corrected chi connectivity index (χ3v) is 3.08. The first kappa shape index (κ1) is 14.8. The quantitative estimate of drug-likeness (QED) is 0.641. The Bertz CT molecular complexity index is 638. The molecular formula is C15H20N6. The third-order valence-electron chi connectivity index (χ3n) is 3.08. The predicted molar refractivity (Wildman–Crippen MR) is 85.9 cm³/mol. The molecule has 0 radical (unpaired) electrons. The summed E-state index contributed by atoms with van der Waals surface area (Å²) in [5, 5.41) is 7.49. The van der Waals surface area contributed by atoms with Gasteiger partial charge in [0.25, 0.3) is 0 Å². The highest BCUT2D eigenvalue weighted by Gasteiger charge is 2.07. The average Bonchev–Trinajstić information content (AvgIpc) is 2.47. The highest BCUT2D eigenvalue weighted by molar-refractivity contribution is 5.95. The second kappa shape index (κ2) is 6.21. The average molecular weight is 284 g/mol. The fraction of sp³-hybridized carbons (Fsp3) is 0.267. The van der Waals surface area contributed by atoms with E-state index < -0.39 is 0 Å². The maximum absolute atomic E-state index is 7.49. The Hall–Kier alpha value is -2.63. The van der Waals surface area contributed by atoms with Gasteiger partial charge in [0.05, 0.1) is 0 Å². The van der Waals surface area contributed by atoms with Crippen LogP contribution in [0.1, 0.15) is 11.1 Å². The number of nitrogens with one attached hydrogen (secondary N) is 1. The van der Waals surface area contributed by atoms with Crippen LogP contribution in [-0.4, -0.2) is 36.9 Å². The van der Waals surface area contributed by atoms with Gasteiger partial charge in [-0.25, -0.2) is 4.98 Å². The molecule has 0 bridgehead atoms. The van der Waals surface area contributed by atoms with Gasteiger partial charge in [-0.05, 0) is 17.7 Å². The van der Waals surface area contributed by atoms with E-state index in [1.54, 1.807) is 6.20 Å². The highest BCUT2D eigenvalue weighted by atomic mass is 15.3. The second-order valence-corrected chi connectivity index (χ2v) is 5.08. The first-order valence-corrected chi connectivity index (χ1v) is 6.62. The summed E-state index contributed by atoms with van der Waals surface area (Å²) in [4.78, 5) is 12.6. The van der Waals surface area contributed by atoms with E-state index in [1.165, 1.54) is 0 Å². The smallest absolute Gasteiger partial charge is 0.226 e. The fourth-order valence-corrected chi connectivity index (χ4v) is 1.96. The predicted octanol–water partition coefficient (Wildman–Crippen LogP) is 1.46. The number of hydrogen-bond donors (Lipinski definition) is 2. The van der Waals surface area contributed by atoms with Crippen LogP contribution in [0.15, 0.2) is 36.5 Å². The molecule has 110 valence electrons. The molecule has 0 atom stereocenters. The molecule has 0 saturated carbocycles. The lowest BCUT2D eigenvalue weighted by Gasteiger charge is -2.20. The molecule has 6 nitrogen and oxygen atoms in total. The van der Waals surface area contributed by atoms with Crippen LogP contribution in [0.2, 0.25) is 0 Å². The molecule has 0 amide bonds. The Morgan fingerprint density at radius 2 is 2.00 bits per heavy atom. The van der Waals surface area contributed by atoms with Gasteiger partial charge in [0.2, 0.25) is 5.95 Å². The van der Waals surface area contributed by atoms with Gasteiger partial charge in [0.15, 0.2) is 0 Å². The third kappa shape index (κ3) is 3.68. The molecule has 0 aliphatic rings. The minimum absolute atomic E-state index is 0.0800. The van der Waals surface area contributed by atoms with Crippen LogP contribution in [0.3, 0.4) is 0 Å². The Kier molecular flexibility index (Phi) is 4.37. The van der Waals surface area contributed by atoms with Crippen LogP contribution in [0.4, 0.5) is 11.8 Å². The molecule has 0 saturated heterocycles. The molecule has 1 heterocycles. The normalized spacial score (nSPS) is 10.2. The minimum atomic E-state index is 0.0800.